The zero-order valence-electron chi connectivity index (χ0n) is 6.21. The highest BCUT2D eigenvalue weighted by atomic mass is 32.2. The molecular formula is C8H12NS. The van der Waals surface area contributed by atoms with E-state index < -0.39 is 0 Å². The molecule has 1 heterocycles. The van der Waals surface area contributed by atoms with Gasteiger partial charge >= 0.3 is 0 Å². The third kappa shape index (κ3) is 2.48. The molecule has 0 aromatic heterocycles. The summed E-state index contributed by atoms with van der Waals surface area (Å²) < 4.78 is 0. The van der Waals surface area contributed by atoms with Gasteiger partial charge in [-0.3, -0.25) is 5.32 Å². The van der Waals surface area contributed by atoms with Gasteiger partial charge in [0.25, 0.3) is 0 Å². The van der Waals surface area contributed by atoms with Crippen LogP contribution in [-0.4, -0.2) is 0 Å². The van der Waals surface area contributed by atoms with Gasteiger partial charge in [0.2, 0.25) is 0 Å². The van der Waals surface area contributed by atoms with Crippen LogP contribution >= 0.6 is 11.8 Å². The molecule has 2 heteroatoms. The van der Waals surface area contributed by atoms with Gasteiger partial charge in [0.1, 0.15) is 0 Å². The normalized spacial score (nSPS) is 16.3. The Morgan fingerprint density at radius 1 is 1.60 bits per heavy atom. The molecule has 1 aliphatic rings. The third-order valence-electron chi connectivity index (χ3n) is 1.36. The Balaban J connectivity index is 2.21. The van der Waals surface area contributed by atoms with Crippen LogP contribution in [-0.2, 0) is 0 Å². The molecule has 0 bridgehead atoms. The second kappa shape index (κ2) is 4.45. The topological polar surface area (TPSA) is 14.1 Å². The largest absolute Gasteiger partial charge is 0.263 e. The van der Waals surface area contributed by atoms with E-state index in [1.54, 1.807) is 11.8 Å². The molecule has 10 heavy (non-hydrogen) atoms. The van der Waals surface area contributed by atoms with Crippen molar-refractivity contribution in [2.45, 2.75) is 26.2 Å². The molecule has 0 aromatic carbocycles. The lowest BCUT2D eigenvalue weighted by atomic mass is 10.2. The maximum Gasteiger partial charge on any atom is 0.0366 e. The van der Waals surface area contributed by atoms with Gasteiger partial charge in [-0.25, -0.2) is 0 Å². The van der Waals surface area contributed by atoms with Gasteiger partial charge in [-0.1, -0.05) is 25.1 Å². The summed E-state index contributed by atoms with van der Waals surface area (Å²) in [5.74, 6) is 0. The second-order valence-corrected chi connectivity index (χ2v) is 3.28. The number of hydrogen-bond donors (Lipinski definition) is 0. The Bertz CT molecular complexity index is 149. The molecule has 0 atom stereocenters. The first-order valence-corrected chi connectivity index (χ1v) is 4.52. The molecular weight excluding hydrogens is 142 g/mol. The predicted octanol–water partition coefficient (Wildman–Crippen LogP) is 2.84. The van der Waals surface area contributed by atoms with Crippen LogP contribution in [0.15, 0.2) is 22.7 Å². The van der Waals surface area contributed by atoms with Crippen molar-refractivity contribution >= 4 is 11.8 Å². The Morgan fingerprint density at radius 3 is 3.10 bits per heavy atom. The first kappa shape index (κ1) is 7.73. The fraction of sp³-hybridized carbons (Fsp3) is 0.500. The molecule has 1 nitrogen and oxygen atoms in total. The van der Waals surface area contributed by atoms with Crippen molar-refractivity contribution in [2.24, 2.45) is 0 Å². The molecule has 0 unspecified atom stereocenters. The minimum atomic E-state index is 1.19. The number of thioether (sulfide) groups is 1. The van der Waals surface area contributed by atoms with Crippen molar-refractivity contribution in [2.75, 3.05) is 0 Å². The van der Waals surface area contributed by atoms with Gasteiger partial charge in [0, 0.05) is 17.3 Å². The summed E-state index contributed by atoms with van der Waals surface area (Å²) in [6.45, 7) is 2.21. The summed E-state index contributed by atoms with van der Waals surface area (Å²) in [5, 5.41) is 6.08. The number of allylic oxidation sites excluding steroid dienone is 1. The SMILES string of the molecule is CCCCC1=C[N]C=CS1. The lowest BCUT2D eigenvalue weighted by molar-refractivity contribution is 0.804. The van der Waals surface area contributed by atoms with Gasteiger partial charge in [-0.05, 0) is 18.2 Å². The van der Waals surface area contributed by atoms with Gasteiger partial charge in [-0.15, -0.1) is 0 Å². The molecule has 55 valence electrons. The fourth-order valence-electron chi connectivity index (χ4n) is 0.784. The smallest absolute Gasteiger partial charge is 0.0366 e. The van der Waals surface area contributed by atoms with Crippen LogP contribution in [0.25, 0.3) is 0 Å². The monoisotopic (exact) mass is 154 g/mol. The van der Waals surface area contributed by atoms with Gasteiger partial charge in [0.05, 0.1) is 0 Å². The Kier molecular flexibility index (Phi) is 3.44. The fourth-order valence-corrected chi connectivity index (χ4v) is 1.47. The van der Waals surface area contributed by atoms with E-state index >= 15 is 0 Å². The van der Waals surface area contributed by atoms with Crippen molar-refractivity contribution in [3.8, 4) is 0 Å². The van der Waals surface area contributed by atoms with E-state index in [0.29, 0.717) is 0 Å². The van der Waals surface area contributed by atoms with E-state index in [1.807, 2.05) is 17.8 Å². The highest BCUT2D eigenvalue weighted by Crippen LogP contribution is 2.24. The standard InChI is InChI=1S/C8H12NS/c1-2-3-4-8-7-9-5-6-10-8/h5-7H,2-4H2,1H3. The quantitative estimate of drug-likeness (QED) is 0.609. The highest BCUT2D eigenvalue weighted by molar-refractivity contribution is 8.05. The van der Waals surface area contributed by atoms with Crippen LogP contribution in [0.2, 0.25) is 0 Å². The molecule has 0 aromatic rings. The summed E-state index contributed by atoms with van der Waals surface area (Å²) in [6, 6.07) is 0. The lowest BCUT2D eigenvalue weighted by Crippen LogP contribution is -1.89. The summed E-state index contributed by atoms with van der Waals surface area (Å²) in [5.41, 5.74) is 0. The number of nitrogens with zero attached hydrogens (tertiary/aromatic N) is 1. The molecule has 0 fully saturated rings. The molecule has 0 saturated heterocycles. The Hall–Kier alpha value is -0.370. The predicted molar refractivity (Wildman–Crippen MR) is 46.5 cm³/mol. The zero-order chi connectivity index (χ0) is 7.23. The van der Waals surface area contributed by atoms with Gasteiger partial charge in [-0.2, -0.15) is 0 Å². The molecule has 0 N–H and O–H groups in total. The average Bonchev–Trinajstić information content (AvgIpc) is 2.03. The van der Waals surface area contributed by atoms with E-state index in [1.165, 1.54) is 24.2 Å². The van der Waals surface area contributed by atoms with E-state index in [4.69, 9.17) is 0 Å². The van der Waals surface area contributed by atoms with E-state index in [-0.39, 0.29) is 0 Å². The Morgan fingerprint density at radius 2 is 2.50 bits per heavy atom. The van der Waals surface area contributed by atoms with Crippen LogP contribution in [0.3, 0.4) is 0 Å². The molecule has 0 saturated carbocycles. The number of hydrogen-bond acceptors (Lipinski definition) is 1. The van der Waals surface area contributed by atoms with Gasteiger partial charge < -0.3 is 0 Å². The van der Waals surface area contributed by atoms with Gasteiger partial charge in [0.15, 0.2) is 0 Å². The van der Waals surface area contributed by atoms with E-state index in [2.05, 4.69) is 12.2 Å². The summed E-state index contributed by atoms with van der Waals surface area (Å²) in [6.07, 6.45) is 7.53. The minimum absolute atomic E-state index is 1.19. The third-order valence-corrected chi connectivity index (χ3v) is 2.23. The van der Waals surface area contributed by atoms with E-state index in [9.17, 15) is 0 Å². The second-order valence-electron chi connectivity index (χ2n) is 2.25. The summed E-state index contributed by atoms with van der Waals surface area (Å²) >= 11 is 1.79. The average molecular weight is 154 g/mol. The van der Waals surface area contributed by atoms with Crippen molar-refractivity contribution in [3.63, 3.8) is 0 Å². The van der Waals surface area contributed by atoms with Crippen molar-refractivity contribution in [1.82, 2.24) is 5.32 Å². The van der Waals surface area contributed by atoms with Crippen molar-refractivity contribution in [1.29, 1.82) is 0 Å². The van der Waals surface area contributed by atoms with Crippen LogP contribution in [0.4, 0.5) is 0 Å². The zero-order valence-corrected chi connectivity index (χ0v) is 7.03. The first-order valence-electron chi connectivity index (χ1n) is 3.64. The minimum Gasteiger partial charge on any atom is -0.263 e. The molecule has 1 radical (unpaired) electrons. The Labute approximate surface area is 66.6 Å². The highest BCUT2D eigenvalue weighted by Gasteiger charge is 1.98. The van der Waals surface area contributed by atoms with Crippen LogP contribution in [0.1, 0.15) is 26.2 Å². The molecule has 1 rings (SSSR count). The summed E-state index contributed by atoms with van der Waals surface area (Å²) in [4.78, 5) is 1.39. The van der Waals surface area contributed by atoms with Crippen molar-refractivity contribution in [3.05, 3.63) is 22.7 Å². The first-order chi connectivity index (χ1) is 4.93. The molecule has 0 spiro atoms. The van der Waals surface area contributed by atoms with E-state index in [0.717, 1.165) is 0 Å². The van der Waals surface area contributed by atoms with Crippen LogP contribution in [0, 0.1) is 0 Å². The molecule has 1 aliphatic heterocycles. The van der Waals surface area contributed by atoms with Crippen molar-refractivity contribution < 1.29 is 0 Å². The number of unbranched alkanes of at least 4 members (excludes halogenated alkanes) is 1. The number of rotatable bonds is 3. The summed E-state index contributed by atoms with van der Waals surface area (Å²) in [7, 11) is 0. The maximum absolute atomic E-state index is 4.05. The van der Waals surface area contributed by atoms with Crippen LogP contribution < -0.4 is 5.32 Å². The van der Waals surface area contributed by atoms with Crippen LogP contribution in [0.5, 0.6) is 0 Å². The maximum atomic E-state index is 4.05. The molecule has 0 aliphatic carbocycles. The molecule has 0 amide bonds. The lowest BCUT2D eigenvalue weighted by Gasteiger charge is -2.05.